The topological polar surface area (TPSA) is 62.5 Å². The van der Waals surface area contributed by atoms with Gasteiger partial charge in [-0.15, -0.1) is 0 Å². The van der Waals surface area contributed by atoms with E-state index < -0.39 is 6.04 Å². The Morgan fingerprint density at radius 3 is 2.25 bits per heavy atom. The normalized spacial score (nSPS) is 22.6. The smallest absolute Gasteiger partial charge is 0.297 e. The van der Waals surface area contributed by atoms with Gasteiger partial charge in [0.05, 0.1) is 6.54 Å². The fraction of sp³-hybridized carbons (Fsp3) is 0.583. The zero-order valence-electron chi connectivity index (χ0n) is 19.5. The van der Waals surface area contributed by atoms with Crippen molar-refractivity contribution in [2.24, 2.45) is 4.99 Å². The third-order valence-electron chi connectivity index (χ3n) is 6.69. The van der Waals surface area contributed by atoms with Crippen LogP contribution < -0.4 is 0 Å². The molecule has 4 rings (SSSR count). The maximum absolute atomic E-state index is 13.0. The van der Waals surface area contributed by atoms with E-state index in [-0.39, 0.29) is 11.9 Å². The number of amidine groups is 2. The molecular weight excluding hydrogens is 404 g/mol. The number of benzene rings is 1. The molecule has 8 heteroatoms. The number of amides is 3. The molecule has 0 aliphatic carbocycles. The Morgan fingerprint density at radius 2 is 1.59 bits per heavy atom. The van der Waals surface area contributed by atoms with E-state index in [1.54, 1.807) is 14.1 Å². The molecule has 0 saturated carbocycles. The highest BCUT2D eigenvalue weighted by atomic mass is 16.2. The van der Waals surface area contributed by atoms with Crippen molar-refractivity contribution < 1.29 is 14.2 Å². The molecular formula is C24H35N6O2+. The molecule has 1 aromatic rings. The van der Waals surface area contributed by atoms with Crippen LogP contribution in [-0.4, -0.2) is 107 Å². The molecule has 3 aliphatic rings. The van der Waals surface area contributed by atoms with E-state index in [9.17, 15) is 9.59 Å². The van der Waals surface area contributed by atoms with Gasteiger partial charge in [-0.1, -0.05) is 43.7 Å². The molecule has 2 saturated heterocycles. The van der Waals surface area contributed by atoms with Crippen molar-refractivity contribution in [3.8, 4) is 0 Å². The van der Waals surface area contributed by atoms with Gasteiger partial charge in [0, 0.05) is 46.8 Å². The quantitative estimate of drug-likeness (QED) is 0.457. The van der Waals surface area contributed by atoms with Crippen LogP contribution in [0.4, 0.5) is 4.79 Å². The number of aliphatic imine (C=N–C) groups is 1. The lowest BCUT2D eigenvalue weighted by molar-refractivity contribution is -0.537. The number of hydrogen-bond donors (Lipinski definition) is 0. The first kappa shape index (κ1) is 22.6. The van der Waals surface area contributed by atoms with Crippen LogP contribution in [0.2, 0.25) is 0 Å². The van der Waals surface area contributed by atoms with Crippen molar-refractivity contribution in [3.63, 3.8) is 0 Å². The van der Waals surface area contributed by atoms with Crippen molar-refractivity contribution in [3.05, 3.63) is 35.9 Å². The van der Waals surface area contributed by atoms with Crippen LogP contribution in [0.5, 0.6) is 0 Å². The van der Waals surface area contributed by atoms with Gasteiger partial charge in [0.1, 0.15) is 6.54 Å². The second kappa shape index (κ2) is 9.92. The first-order valence-corrected chi connectivity index (χ1v) is 11.7. The van der Waals surface area contributed by atoms with E-state index in [0.29, 0.717) is 12.4 Å². The van der Waals surface area contributed by atoms with E-state index in [1.807, 2.05) is 0 Å². The molecule has 32 heavy (non-hydrogen) atoms. The van der Waals surface area contributed by atoms with Gasteiger partial charge in [0.2, 0.25) is 0 Å². The highest BCUT2D eigenvalue weighted by Crippen LogP contribution is 2.20. The summed E-state index contributed by atoms with van der Waals surface area (Å²) in [5, 5.41) is 0. The minimum absolute atomic E-state index is 0.175. The van der Waals surface area contributed by atoms with Gasteiger partial charge >= 0.3 is 11.9 Å². The summed E-state index contributed by atoms with van der Waals surface area (Å²) in [6, 6.07) is 9.81. The highest BCUT2D eigenvalue weighted by Gasteiger charge is 2.52. The third kappa shape index (κ3) is 4.61. The van der Waals surface area contributed by atoms with E-state index in [4.69, 9.17) is 4.99 Å². The first-order chi connectivity index (χ1) is 15.5. The Balaban J connectivity index is 1.45. The highest BCUT2D eigenvalue weighted by molar-refractivity contribution is 6.23. The summed E-state index contributed by atoms with van der Waals surface area (Å²) < 4.78 is 2.14. The van der Waals surface area contributed by atoms with Crippen molar-refractivity contribution in [2.75, 3.05) is 53.4 Å². The average Bonchev–Trinajstić information content (AvgIpc) is 3.16. The number of nitrogens with zero attached hydrogens (tertiary/aromatic N) is 6. The molecule has 0 spiro atoms. The molecule has 0 radical (unpaired) electrons. The third-order valence-corrected chi connectivity index (χ3v) is 6.69. The average molecular weight is 440 g/mol. The van der Waals surface area contributed by atoms with E-state index in [0.717, 1.165) is 64.4 Å². The molecule has 1 atom stereocenters. The summed E-state index contributed by atoms with van der Waals surface area (Å²) >= 11 is 0. The number of carbonyl (C=O) groups is 2. The van der Waals surface area contributed by atoms with Gasteiger partial charge < -0.3 is 0 Å². The van der Waals surface area contributed by atoms with Gasteiger partial charge in [-0.05, 0) is 23.4 Å². The molecule has 3 amide bonds. The summed E-state index contributed by atoms with van der Waals surface area (Å²) in [4.78, 5) is 37.9. The molecule has 0 N–H and O–H groups in total. The standard InChI is InChI=1S/C24H35N6O2/c1-4-5-9-12-30-20(25-22-21(30)23(31)27(3)24(32)26(22)2)18-29-15-13-28(14-16-29)17-19-10-7-6-8-11-19/h6-8,10-11,21H,4-5,9,12-18H2,1-3H3/q+1. The Labute approximate surface area is 190 Å². The van der Waals surface area contributed by atoms with Crippen LogP contribution in [0, 0.1) is 0 Å². The zero-order valence-corrected chi connectivity index (χ0v) is 19.5. The fourth-order valence-electron chi connectivity index (χ4n) is 4.71. The molecule has 0 aromatic heterocycles. The summed E-state index contributed by atoms with van der Waals surface area (Å²) in [5.41, 5.74) is 1.35. The van der Waals surface area contributed by atoms with Gasteiger partial charge in [-0.3, -0.25) is 24.4 Å². The largest absolute Gasteiger partial charge is 0.333 e. The number of unbranched alkanes of at least 4 members (excludes halogenated alkanes) is 2. The molecule has 1 aromatic carbocycles. The van der Waals surface area contributed by atoms with E-state index in [1.165, 1.54) is 15.4 Å². The predicted octanol–water partition coefficient (Wildman–Crippen LogP) is 1.71. The Morgan fingerprint density at radius 1 is 0.938 bits per heavy atom. The number of fused-ring (bicyclic) bond motifs is 1. The molecule has 3 heterocycles. The maximum atomic E-state index is 13.0. The molecule has 2 fully saturated rings. The monoisotopic (exact) mass is 439 g/mol. The SMILES string of the molecule is CCCCC[N+]1=C(CN2CCN(Cc3ccccc3)CC2)N=C2C1C(=O)N(C)C(=O)N2C. The van der Waals surface area contributed by atoms with Crippen molar-refractivity contribution in [1.82, 2.24) is 19.6 Å². The number of imide groups is 1. The minimum atomic E-state index is -0.478. The van der Waals surface area contributed by atoms with E-state index in [2.05, 4.69) is 51.6 Å². The Bertz CT molecular complexity index is 904. The number of urea groups is 1. The van der Waals surface area contributed by atoms with Gasteiger partial charge in [-0.2, -0.15) is 0 Å². The number of rotatable bonds is 8. The van der Waals surface area contributed by atoms with Gasteiger partial charge in [0.25, 0.3) is 17.8 Å². The molecule has 8 nitrogen and oxygen atoms in total. The molecule has 1 unspecified atom stereocenters. The van der Waals surface area contributed by atoms with Gasteiger partial charge in [0.15, 0.2) is 0 Å². The second-order valence-electron chi connectivity index (χ2n) is 8.97. The summed E-state index contributed by atoms with van der Waals surface area (Å²) in [6.07, 6.45) is 3.25. The van der Waals surface area contributed by atoms with Crippen molar-refractivity contribution in [2.45, 2.75) is 38.8 Å². The van der Waals surface area contributed by atoms with Crippen LogP contribution >= 0.6 is 0 Å². The zero-order chi connectivity index (χ0) is 22.7. The van der Waals surface area contributed by atoms with Gasteiger partial charge in [-0.25, -0.2) is 9.37 Å². The molecule has 172 valence electrons. The van der Waals surface area contributed by atoms with E-state index >= 15 is 0 Å². The summed E-state index contributed by atoms with van der Waals surface area (Å²) in [6.45, 7) is 8.62. The number of hydrogen-bond acceptors (Lipinski definition) is 5. The Hall–Kier alpha value is -2.58. The molecule has 0 bridgehead atoms. The lowest BCUT2D eigenvalue weighted by atomic mass is 10.1. The lowest BCUT2D eigenvalue weighted by Crippen LogP contribution is -2.61. The van der Waals surface area contributed by atoms with Crippen LogP contribution in [0.25, 0.3) is 0 Å². The number of piperazine rings is 1. The van der Waals surface area contributed by atoms with Crippen LogP contribution in [-0.2, 0) is 11.3 Å². The number of likely N-dealkylation sites (N-methyl/N-ethyl adjacent to an activating group) is 2. The van der Waals surface area contributed by atoms with Crippen LogP contribution in [0.1, 0.15) is 31.7 Å². The Kier molecular flexibility index (Phi) is 7.01. The fourth-order valence-corrected chi connectivity index (χ4v) is 4.71. The lowest BCUT2D eigenvalue weighted by Gasteiger charge is -2.34. The number of carbonyl (C=O) groups excluding carboxylic acids is 2. The van der Waals surface area contributed by atoms with Crippen molar-refractivity contribution in [1.29, 1.82) is 0 Å². The second-order valence-corrected chi connectivity index (χ2v) is 8.97. The summed E-state index contributed by atoms with van der Waals surface area (Å²) in [7, 11) is 3.28. The van der Waals surface area contributed by atoms with Crippen LogP contribution in [0.3, 0.4) is 0 Å². The predicted molar refractivity (Wildman–Crippen MR) is 125 cm³/mol. The molecule has 3 aliphatic heterocycles. The van der Waals surface area contributed by atoms with Crippen molar-refractivity contribution >= 4 is 23.6 Å². The summed E-state index contributed by atoms with van der Waals surface area (Å²) in [5.74, 6) is 1.32. The van der Waals surface area contributed by atoms with Crippen LogP contribution in [0.15, 0.2) is 35.3 Å². The maximum Gasteiger partial charge on any atom is 0.333 e. The first-order valence-electron chi connectivity index (χ1n) is 11.7. The minimum Gasteiger partial charge on any atom is -0.297 e.